The first-order valence-electron chi connectivity index (χ1n) is 7.34. The van der Waals surface area contributed by atoms with Gasteiger partial charge in [0.1, 0.15) is 4.21 Å². The average Bonchev–Trinajstić information content (AvgIpc) is 3.03. The molecular weight excluding hydrogens is 328 g/mol. The monoisotopic (exact) mass is 348 g/mol. The molecule has 3 rings (SSSR count). The Kier molecular flexibility index (Phi) is 4.36. The average molecular weight is 349 g/mol. The minimum absolute atomic E-state index is 0.0335. The number of piperazine rings is 1. The standard InChI is InChI=1S/C14H21ClN2O2S2/c1-10-6-14(20-13(10)7-15)21(18,19)17-9-12-4-3-5-16(12)8-11(17)2/h6,11-12H,3-5,7-9H2,1-2H3. The Hall–Kier alpha value is -0.140. The molecule has 0 saturated carbocycles. The lowest BCUT2D eigenvalue weighted by Crippen LogP contribution is -2.56. The largest absolute Gasteiger partial charge is 0.297 e. The van der Waals surface area contributed by atoms with E-state index in [1.54, 1.807) is 10.4 Å². The summed E-state index contributed by atoms with van der Waals surface area (Å²) in [5.41, 5.74) is 0.973. The van der Waals surface area contributed by atoms with Crippen molar-refractivity contribution < 1.29 is 8.42 Å². The summed E-state index contributed by atoms with van der Waals surface area (Å²) in [6.07, 6.45) is 2.29. The van der Waals surface area contributed by atoms with Crippen LogP contribution in [0.25, 0.3) is 0 Å². The van der Waals surface area contributed by atoms with Gasteiger partial charge in [0.15, 0.2) is 0 Å². The molecule has 3 heterocycles. The molecule has 0 N–H and O–H groups in total. The predicted octanol–water partition coefficient (Wildman–Crippen LogP) is 2.65. The summed E-state index contributed by atoms with van der Waals surface area (Å²) in [4.78, 5) is 3.38. The molecule has 2 atom stereocenters. The molecule has 4 nitrogen and oxygen atoms in total. The predicted molar refractivity (Wildman–Crippen MR) is 86.6 cm³/mol. The Bertz CT molecular complexity index is 629. The first-order valence-corrected chi connectivity index (χ1v) is 10.1. The van der Waals surface area contributed by atoms with Gasteiger partial charge in [0, 0.05) is 30.1 Å². The van der Waals surface area contributed by atoms with E-state index in [4.69, 9.17) is 11.6 Å². The Morgan fingerprint density at radius 1 is 1.43 bits per heavy atom. The second-order valence-corrected chi connectivity index (χ2v) is 9.54. The first kappa shape index (κ1) is 15.7. The van der Waals surface area contributed by atoms with Gasteiger partial charge in [0.2, 0.25) is 0 Å². The molecule has 2 unspecified atom stereocenters. The maximum atomic E-state index is 12.9. The van der Waals surface area contributed by atoms with Gasteiger partial charge >= 0.3 is 0 Å². The van der Waals surface area contributed by atoms with Crippen molar-refractivity contribution in [3.8, 4) is 0 Å². The third kappa shape index (κ3) is 2.77. The van der Waals surface area contributed by atoms with Gasteiger partial charge in [-0.15, -0.1) is 22.9 Å². The molecule has 2 aliphatic heterocycles. The van der Waals surface area contributed by atoms with E-state index in [1.165, 1.54) is 17.8 Å². The number of fused-ring (bicyclic) bond motifs is 1. The van der Waals surface area contributed by atoms with Crippen molar-refractivity contribution in [1.82, 2.24) is 9.21 Å². The second kappa shape index (κ2) is 5.81. The zero-order chi connectivity index (χ0) is 15.2. The van der Waals surface area contributed by atoms with Crippen LogP contribution >= 0.6 is 22.9 Å². The van der Waals surface area contributed by atoms with Crippen LogP contribution in [0.3, 0.4) is 0 Å². The summed E-state index contributed by atoms with van der Waals surface area (Å²) in [7, 11) is -3.40. The number of thiophene rings is 1. The molecule has 1 aromatic rings. The van der Waals surface area contributed by atoms with Gasteiger partial charge in [0.25, 0.3) is 10.0 Å². The van der Waals surface area contributed by atoms with E-state index in [1.807, 2.05) is 13.8 Å². The Labute approximate surface area is 135 Å². The number of sulfonamides is 1. The van der Waals surface area contributed by atoms with Crippen LogP contribution in [0.5, 0.6) is 0 Å². The van der Waals surface area contributed by atoms with Crippen molar-refractivity contribution in [2.24, 2.45) is 0 Å². The normalized spacial score (nSPS) is 28.0. The van der Waals surface area contributed by atoms with Crippen LogP contribution < -0.4 is 0 Å². The summed E-state index contributed by atoms with van der Waals surface area (Å²) >= 11 is 7.19. The fourth-order valence-corrected chi connectivity index (χ4v) is 6.96. The van der Waals surface area contributed by atoms with Crippen LogP contribution in [0, 0.1) is 6.92 Å². The highest BCUT2D eigenvalue weighted by Crippen LogP contribution is 2.33. The molecule has 0 amide bonds. The quantitative estimate of drug-likeness (QED) is 0.788. The molecule has 7 heteroatoms. The summed E-state index contributed by atoms with van der Waals surface area (Å²) in [6, 6.07) is 2.20. The third-order valence-electron chi connectivity index (χ3n) is 4.56. The zero-order valence-electron chi connectivity index (χ0n) is 12.4. The van der Waals surface area contributed by atoms with Gasteiger partial charge in [-0.3, -0.25) is 4.90 Å². The molecule has 0 radical (unpaired) electrons. The molecule has 0 aliphatic carbocycles. The van der Waals surface area contributed by atoms with E-state index in [0.29, 0.717) is 22.7 Å². The van der Waals surface area contributed by atoms with Crippen molar-refractivity contribution in [2.45, 2.75) is 48.9 Å². The molecule has 0 bridgehead atoms. The molecule has 2 fully saturated rings. The number of alkyl halides is 1. The van der Waals surface area contributed by atoms with Crippen LogP contribution in [-0.4, -0.2) is 49.3 Å². The molecule has 1 aromatic heterocycles. The highest BCUT2D eigenvalue weighted by molar-refractivity contribution is 7.91. The van der Waals surface area contributed by atoms with Crippen LogP contribution in [0.1, 0.15) is 30.2 Å². The maximum absolute atomic E-state index is 12.9. The van der Waals surface area contributed by atoms with E-state index >= 15 is 0 Å². The minimum Gasteiger partial charge on any atom is -0.297 e. The zero-order valence-corrected chi connectivity index (χ0v) is 14.8. The molecule has 118 valence electrons. The van der Waals surface area contributed by atoms with Crippen LogP contribution in [0.15, 0.2) is 10.3 Å². The maximum Gasteiger partial charge on any atom is 0.252 e. The number of rotatable bonds is 3. The Morgan fingerprint density at radius 3 is 2.86 bits per heavy atom. The minimum atomic E-state index is -3.40. The lowest BCUT2D eigenvalue weighted by molar-refractivity contribution is 0.117. The number of hydrogen-bond donors (Lipinski definition) is 0. The number of aryl methyl sites for hydroxylation is 1. The fraction of sp³-hybridized carbons (Fsp3) is 0.714. The van der Waals surface area contributed by atoms with Gasteiger partial charge in [0.05, 0.1) is 5.88 Å². The highest BCUT2D eigenvalue weighted by Gasteiger charge is 2.40. The van der Waals surface area contributed by atoms with E-state index in [0.717, 1.165) is 30.0 Å². The number of halogens is 1. The molecule has 0 spiro atoms. The van der Waals surface area contributed by atoms with Crippen molar-refractivity contribution in [3.63, 3.8) is 0 Å². The van der Waals surface area contributed by atoms with Gasteiger partial charge in [-0.2, -0.15) is 4.31 Å². The number of hydrogen-bond acceptors (Lipinski definition) is 4. The van der Waals surface area contributed by atoms with Crippen molar-refractivity contribution in [3.05, 3.63) is 16.5 Å². The smallest absolute Gasteiger partial charge is 0.252 e. The third-order valence-corrected chi connectivity index (χ3v) is 8.65. The van der Waals surface area contributed by atoms with Crippen molar-refractivity contribution in [2.75, 3.05) is 19.6 Å². The molecule has 2 saturated heterocycles. The Morgan fingerprint density at radius 2 is 2.19 bits per heavy atom. The molecular formula is C14H21ClN2O2S2. The Balaban J connectivity index is 1.89. The van der Waals surface area contributed by atoms with Gasteiger partial charge < -0.3 is 0 Å². The summed E-state index contributed by atoms with van der Waals surface area (Å²) in [6.45, 7) is 6.51. The number of nitrogens with zero attached hydrogens (tertiary/aromatic N) is 2. The van der Waals surface area contributed by atoms with Crippen molar-refractivity contribution in [1.29, 1.82) is 0 Å². The van der Waals surface area contributed by atoms with Gasteiger partial charge in [-0.1, -0.05) is 0 Å². The fourth-order valence-electron chi connectivity index (χ4n) is 3.36. The molecule has 21 heavy (non-hydrogen) atoms. The SMILES string of the molecule is Cc1cc(S(=O)(=O)N2CC3CCCN3CC2C)sc1CCl. The first-order chi connectivity index (χ1) is 9.93. The topological polar surface area (TPSA) is 40.6 Å². The van der Waals surface area contributed by atoms with Crippen LogP contribution in [-0.2, 0) is 15.9 Å². The summed E-state index contributed by atoms with van der Waals surface area (Å²) in [5.74, 6) is 0.373. The summed E-state index contributed by atoms with van der Waals surface area (Å²) < 4.78 is 28.0. The lowest BCUT2D eigenvalue weighted by atomic mass is 10.1. The van der Waals surface area contributed by atoms with E-state index < -0.39 is 10.0 Å². The molecule has 0 aromatic carbocycles. The van der Waals surface area contributed by atoms with Crippen LogP contribution in [0.2, 0.25) is 0 Å². The van der Waals surface area contributed by atoms with Gasteiger partial charge in [-0.05, 0) is 44.9 Å². The van der Waals surface area contributed by atoms with E-state index in [9.17, 15) is 8.42 Å². The van der Waals surface area contributed by atoms with Crippen molar-refractivity contribution >= 4 is 33.0 Å². The summed E-state index contributed by atoms with van der Waals surface area (Å²) in [5, 5.41) is 0. The lowest BCUT2D eigenvalue weighted by Gasteiger charge is -2.41. The van der Waals surface area contributed by atoms with Crippen LogP contribution in [0.4, 0.5) is 0 Å². The highest BCUT2D eigenvalue weighted by atomic mass is 35.5. The van der Waals surface area contributed by atoms with E-state index in [-0.39, 0.29) is 6.04 Å². The molecule has 2 aliphatic rings. The van der Waals surface area contributed by atoms with Gasteiger partial charge in [-0.25, -0.2) is 8.42 Å². The second-order valence-electron chi connectivity index (χ2n) is 6.02. The van der Waals surface area contributed by atoms with E-state index in [2.05, 4.69) is 4.90 Å².